The largest absolute Gasteiger partial charge is 0.416 e. The van der Waals surface area contributed by atoms with E-state index in [-0.39, 0.29) is 0 Å². The molecule has 13 rings (SSSR count). The predicted molar refractivity (Wildman–Crippen MR) is 276 cm³/mol. The van der Waals surface area contributed by atoms with Crippen molar-refractivity contribution < 1.29 is 4.42 Å². The molecule has 0 spiro atoms. The van der Waals surface area contributed by atoms with Crippen LogP contribution < -0.4 is 0 Å². The first-order valence-electron chi connectivity index (χ1n) is 22.6. The Hall–Kier alpha value is -9.06. The van der Waals surface area contributed by atoms with Gasteiger partial charge in [0.15, 0.2) is 0 Å². The SMILES string of the molecule is c1ccc(-c2cc(-c3ccccc3)cc(-n3c4ccccc4c4ccc(-c5nnc(-c6ccc7c8ccccc8n(-c8cc(-c9ccccc9)cc(-c9ccccc9)c8)c7c6)o5)cc43)c2)cc1. The lowest BCUT2D eigenvalue weighted by molar-refractivity contribution is 0.584. The first-order valence-corrected chi connectivity index (χ1v) is 22.6. The molecule has 0 N–H and O–H groups in total. The summed E-state index contributed by atoms with van der Waals surface area (Å²) in [6.45, 7) is 0. The molecule has 0 atom stereocenters. The molecule has 10 aromatic carbocycles. The quantitative estimate of drug-likeness (QED) is 0.153. The molecule has 0 aliphatic rings. The Labute approximate surface area is 387 Å². The predicted octanol–water partition coefficient (Wildman–Crippen LogP) is 16.3. The van der Waals surface area contributed by atoms with E-state index in [9.17, 15) is 0 Å². The summed E-state index contributed by atoms with van der Waals surface area (Å²) in [5.74, 6) is 0.917. The highest BCUT2D eigenvalue weighted by atomic mass is 16.4. The van der Waals surface area contributed by atoms with Gasteiger partial charge >= 0.3 is 0 Å². The molecule has 13 aromatic rings. The van der Waals surface area contributed by atoms with Gasteiger partial charge in [0.05, 0.1) is 22.1 Å². The minimum Gasteiger partial charge on any atom is -0.416 e. The second-order valence-corrected chi connectivity index (χ2v) is 17.1. The molecule has 0 aliphatic heterocycles. The summed E-state index contributed by atoms with van der Waals surface area (Å²) in [5, 5.41) is 14.0. The van der Waals surface area contributed by atoms with Crippen molar-refractivity contribution in [2.75, 3.05) is 0 Å². The van der Waals surface area contributed by atoms with Crippen molar-refractivity contribution in [3.63, 3.8) is 0 Å². The van der Waals surface area contributed by atoms with Crippen LogP contribution >= 0.6 is 0 Å². The van der Waals surface area contributed by atoms with Crippen LogP contribution in [0.4, 0.5) is 0 Å². The average molecular weight is 857 g/mol. The van der Waals surface area contributed by atoms with Crippen molar-refractivity contribution in [2.45, 2.75) is 0 Å². The summed E-state index contributed by atoms with van der Waals surface area (Å²) in [4.78, 5) is 0. The molecule has 0 aliphatic carbocycles. The topological polar surface area (TPSA) is 48.8 Å². The maximum atomic E-state index is 6.66. The van der Waals surface area contributed by atoms with Gasteiger partial charge in [-0.15, -0.1) is 10.2 Å². The monoisotopic (exact) mass is 856 g/mol. The fraction of sp³-hybridized carbons (Fsp3) is 0. The Balaban J connectivity index is 0.946. The van der Waals surface area contributed by atoms with Crippen molar-refractivity contribution >= 4 is 43.6 Å². The minimum absolute atomic E-state index is 0.459. The van der Waals surface area contributed by atoms with E-state index in [1.54, 1.807) is 0 Å². The second-order valence-electron chi connectivity index (χ2n) is 17.1. The zero-order chi connectivity index (χ0) is 44.3. The Kier molecular flexibility index (Phi) is 9.10. The van der Waals surface area contributed by atoms with Gasteiger partial charge in [-0.05, 0) is 117 Å². The van der Waals surface area contributed by atoms with Gasteiger partial charge < -0.3 is 13.6 Å². The van der Waals surface area contributed by atoms with E-state index >= 15 is 0 Å². The minimum atomic E-state index is 0.459. The van der Waals surface area contributed by atoms with Gasteiger partial charge in [-0.3, -0.25) is 0 Å². The van der Waals surface area contributed by atoms with Crippen molar-refractivity contribution in [1.82, 2.24) is 19.3 Å². The summed E-state index contributed by atoms with van der Waals surface area (Å²) < 4.78 is 11.4. The van der Waals surface area contributed by atoms with Crippen LogP contribution in [0, 0.1) is 0 Å². The summed E-state index contributed by atoms with van der Waals surface area (Å²) in [5.41, 5.74) is 17.5. The lowest BCUT2D eigenvalue weighted by Gasteiger charge is -2.14. The number of rotatable bonds is 8. The van der Waals surface area contributed by atoms with E-state index in [2.05, 4.69) is 252 Å². The molecule has 0 radical (unpaired) electrons. The number of nitrogens with zero attached hydrogens (tertiary/aromatic N) is 4. The molecule has 3 aromatic heterocycles. The highest BCUT2D eigenvalue weighted by Crippen LogP contribution is 2.40. The third-order valence-electron chi connectivity index (χ3n) is 13.0. The van der Waals surface area contributed by atoms with Gasteiger partial charge in [-0.1, -0.05) is 170 Å². The maximum absolute atomic E-state index is 6.66. The van der Waals surface area contributed by atoms with Gasteiger partial charge in [-0.2, -0.15) is 0 Å². The summed E-state index contributed by atoms with van der Waals surface area (Å²) in [6.07, 6.45) is 0. The highest BCUT2D eigenvalue weighted by molar-refractivity contribution is 6.11. The van der Waals surface area contributed by atoms with E-state index in [0.717, 1.165) is 99.8 Å². The maximum Gasteiger partial charge on any atom is 0.248 e. The molecule has 0 amide bonds. The molecule has 0 fully saturated rings. The van der Waals surface area contributed by atoms with Crippen molar-refractivity contribution in [2.24, 2.45) is 0 Å². The van der Waals surface area contributed by atoms with Crippen LogP contribution in [0.5, 0.6) is 0 Å². The average Bonchev–Trinajstić information content (AvgIpc) is 4.12. The summed E-state index contributed by atoms with van der Waals surface area (Å²) in [6, 6.07) is 86.4. The van der Waals surface area contributed by atoms with Crippen LogP contribution in [-0.2, 0) is 0 Å². The molecule has 0 saturated carbocycles. The van der Waals surface area contributed by atoms with E-state index in [1.165, 1.54) is 10.8 Å². The molecule has 0 saturated heterocycles. The molecule has 5 heteroatoms. The lowest BCUT2D eigenvalue weighted by atomic mass is 9.98. The van der Waals surface area contributed by atoms with Crippen molar-refractivity contribution in [3.8, 4) is 78.8 Å². The molecule has 0 unspecified atom stereocenters. The normalized spacial score (nSPS) is 11.6. The number of para-hydroxylation sites is 2. The van der Waals surface area contributed by atoms with E-state index in [0.29, 0.717) is 11.8 Å². The van der Waals surface area contributed by atoms with E-state index < -0.39 is 0 Å². The van der Waals surface area contributed by atoms with Crippen LogP contribution in [0.2, 0.25) is 0 Å². The van der Waals surface area contributed by atoms with Crippen LogP contribution in [0.1, 0.15) is 0 Å². The molecule has 314 valence electrons. The molecular weight excluding hydrogens is 817 g/mol. The first-order chi connectivity index (χ1) is 33.2. The Morgan fingerprint density at radius 3 is 0.910 bits per heavy atom. The van der Waals surface area contributed by atoms with Gasteiger partial charge in [0.2, 0.25) is 11.8 Å². The number of fused-ring (bicyclic) bond motifs is 6. The fourth-order valence-electron chi connectivity index (χ4n) is 9.89. The van der Waals surface area contributed by atoms with Crippen molar-refractivity contribution in [1.29, 1.82) is 0 Å². The number of hydrogen-bond acceptors (Lipinski definition) is 3. The van der Waals surface area contributed by atoms with Crippen LogP contribution in [0.15, 0.2) is 247 Å². The first kappa shape index (κ1) is 38.4. The van der Waals surface area contributed by atoms with Crippen molar-refractivity contribution in [3.05, 3.63) is 243 Å². The van der Waals surface area contributed by atoms with Gasteiger partial charge in [0, 0.05) is 44.0 Å². The Morgan fingerprint density at radius 2 is 0.552 bits per heavy atom. The van der Waals surface area contributed by atoms with E-state index in [1.807, 2.05) is 0 Å². The van der Waals surface area contributed by atoms with Gasteiger partial charge in [0.25, 0.3) is 0 Å². The number of hydrogen-bond donors (Lipinski definition) is 0. The second kappa shape index (κ2) is 15.9. The van der Waals surface area contributed by atoms with Gasteiger partial charge in [0.1, 0.15) is 0 Å². The molecule has 3 heterocycles. The molecule has 67 heavy (non-hydrogen) atoms. The molecule has 5 nitrogen and oxygen atoms in total. The fourth-order valence-corrected chi connectivity index (χ4v) is 9.89. The Bertz CT molecular complexity index is 3590. The molecular formula is C62H40N4O. The third-order valence-corrected chi connectivity index (χ3v) is 13.0. The summed E-state index contributed by atoms with van der Waals surface area (Å²) in [7, 11) is 0. The molecule has 0 bridgehead atoms. The highest BCUT2D eigenvalue weighted by Gasteiger charge is 2.20. The third kappa shape index (κ3) is 6.72. The zero-order valence-corrected chi connectivity index (χ0v) is 36.3. The lowest BCUT2D eigenvalue weighted by Crippen LogP contribution is -1.96. The number of benzene rings is 10. The van der Waals surface area contributed by atoms with Gasteiger partial charge in [-0.25, -0.2) is 0 Å². The van der Waals surface area contributed by atoms with Crippen LogP contribution in [0.25, 0.3) is 122 Å². The van der Waals surface area contributed by atoms with E-state index in [4.69, 9.17) is 14.6 Å². The smallest absolute Gasteiger partial charge is 0.248 e. The zero-order valence-electron chi connectivity index (χ0n) is 36.3. The standard InChI is InChI=1S/C62H40N4O/c1-5-17-41(18-6-1)47-33-48(42-19-7-2-8-20-42)36-51(35-47)65-57-27-15-13-25-53(57)55-31-29-45(39-59(55)65)61-63-64-62(67-61)46-30-32-56-54-26-14-16-28-58(54)66(60(56)40-46)52-37-49(43-21-9-3-10-22-43)34-50(38-52)44-23-11-4-12-24-44/h1-40H. The Morgan fingerprint density at radius 1 is 0.239 bits per heavy atom. The summed E-state index contributed by atoms with van der Waals surface area (Å²) >= 11 is 0. The van der Waals surface area contributed by atoms with Crippen LogP contribution in [-0.4, -0.2) is 19.3 Å². The van der Waals surface area contributed by atoms with Crippen LogP contribution in [0.3, 0.4) is 0 Å². The number of aromatic nitrogens is 4.